The van der Waals surface area contributed by atoms with E-state index in [0.29, 0.717) is 19.6 Å². The molecular formula is C24H42N2O7Si2. The highest BCUT2D eigenvalue weighted by Crippen LogP contribution is 2.54. The maximum atomic E-state index is 12.8. The first-order chi connectivity index (χ1) is 16.4. The molecular weight excluding hydrogens is 484 g/mol. The van der Waals surface area contributed by atoms with Crippen LogP contribution in [0.1, 0.15) is 74.5 Å². The Balaban J connectivity index is 1.87. The van der Waals surface area contributed by atoms with E-state index in [2.05, 4.69) is 60.4 Å². The lowest BCUT2D eigenvalue weighted by molar-refractivity contribution is -0.121. The summed E-state index contributed by atoms with van der Waals surface area (Å²) in [6.07, 6.45) is 1.41. The quantitative estimate of drug-likeness (QED) is 0.580. The van der Waals surface area contributed by atoms with Crippen molar-refractivity contribution in [1.29, 1.82) is 0 Å². The summed E-state index contributed by atoms with van der Waals surface area (Å²) < 4.78 is 35.9. The lowest BCUT2D eigenvalue weighted by Gasteiger charge is -2.52. The van der Waals surface area contributed by atoms with E-state index in [1.54, 1.807) is 0 Å². The van der Waals surface area contributed by atoms with Gasteiger partial charge in [0.05, 0.1) is 6.61 Å². The Bertz CT molecular complexity index is 1000. The number of hydrogen-bond donors (Lipinski definition) is 1. The lowest BCUT2D eigenvalue weighted by atomic mass is 9.91. The van der Waals surface area contributed by atoms with Crippen molar-refractivity contribution >= 4 is 17.1 Å². The molecule has 1 aromatic heterocycles. The van der Waals surface area contributed by atoms with Gasteiger partial charge in [-0.2, -0.15) is 0 Å². The summed E-state index contributed by atoms with van der Waals surface area (Å²) in [6.45, 7) is 18.4. The van der Waals surface area contributed by atoms with Crippen molar-refractivity contribution in [3.63, 3.8) is 0 Å². The Morgan fingerprint density at radius 3 is 2.14 bits per heavy atom. The molecule has 1 spiro atoms. The molecule has 0 radical (unpaired) electrons. The molecule has 3 fully saturated rings. The number of fused-ring (bicyclic) bond motifs is 2. The van der Waals surface area contributed by atoms with E-state index in [4.69, 9.17) is 22.4 Å². The fraction of sp³-hybridized carbons (Fsp3) is 0.833. The highest BCUT2D eigenvalue weighted by Gasteiger charge is 2.67. The molecule has 1 aromatic rings. The van der Waals surface area contributed by atoms with Gasteiger partial charge >= 0.3 is 22.8 Å². The van der Waals surface area contributed by atoms with Crippen LogP contribution in [0.25, 0.3) is 0 Å². The molecule has 9 nitrogen and oxygen atoms in total. The Labute approximate surface area is 210 Å². The summed E-state index contributed by atoms with van der Waals surface area (Å²) in [7, 11) is -5.59. The maximum Gasteiger partial charge on any atom is 0.335 e. The van der Waals surface area contributed by atoms with Gasteiger partial charge in [0.1, 0.15) is 17.8 Å². The number of aromatic amines is 1. The fourth-order valence-electron chi connectivity index (χ4n) is 6.25. The van der Waals surface area contributed by atoms with Crippen molar-refractivity contribution in [1.82, 2.24) is 9.55 Å². The van der Waals surface area contributed by atoms with Crippen molar-refractivity contribution in [2.45, 2.75) is 114 Å². The highest BCUT2D eigenvalue weighted by atomic mass is 28.5. The van der Waals surface area contributed by atoms with E-state index < -0.39 is 52.4 Å². The number of aromatic nitrogens is 2. The van der Waals surface area contributed by atoms with Crippen LogP contribution in [-0.4, -0.2) is 57.7 Å². The Morgan fingerprint density at radius 2 is 1.63 bits per heavy atom. The highest BCUT2D eigenvalue weighted by molar-refractivity contribution is 6.84. The van der Waals surface area contributed by atoms with Crippen molar-refractivity contribution in [2.75, 3.05) is 13.2 Å². The largest absolute Gasteiger partial charge is 0.414 e. The first-order valence-electron chi connectivity index (χ1n) is 13.0. The Hall–Kier alpha value is -1.09. The van der Waals surface area contributed by atoms with Crippen LogP contribution in [0.5, 0.6) is 0 Å². The summed E-state index contributed by atoms with van der Waals surface area (Å²) in [5, 5.41) is 0. The standard InChI is InChI=1S/C24H42N2O7Si2/c1-15(2)34(16(3)4)30-14-19-21(32-35(33-34,17(5)6)18(7)8)24(11-9-13-29-24)22(31-19)26-12-10-20(27)25-23(26)28/h10,12,15-19,21-22H,9,11,13-14H2,1-8H3,(H,25,27,28)/t19?,21-,22?,24+/m1/s1. The first-order valence-corrected chi connectivity index (χ1v) is 17.0. The zero-order valence-electron chi connectivity index (χ0n) is 22.3. The van der Waals surface area contributed by atoms with Crippen molar-refractivity contribution in [3.05, 3.63) is 33.1 Å². The third-order valence-electron chi connectivity index (χ3n) is 8.05. The third kappa shape index (κ3) is 4.26. The second-order valence-electron chi connectivity index (χ2n) is 11.5. The van der Waals surface area contributed by atoms with Crippen LogP contribution in [-0.2, 0) is 22.4 Å². The number of hydrogen-bond acceptors (Lipinski definition) is 7. The molecule has 4 rings (SSSR count). The van der Waals surface area contributed by atoms with Gasteiger partial charge in [0, 0.05) is 18.9 Å². The molecule has 0 aromatic carbocycles. The minimum Gasteiger partial charge on any atom is -0.414 e. The van der Waals surface area contributed by atoms with Crippen molar-refractivity contribution in [3.8, 4) is 0 Å². The molecule has 0 bridgehead atoms. The van der Waals surface area contributed by atoms with Gasteiger partial charge in [-0.1, -0.05) is 55.4 Å². The molecule has 198 valence electrons. The molecule has 1 N–H and O–H groups in total. The van der Waals surface area contributed by atoms with Gasteiger partial charge in [0.2, 0.25) is 0 Å². The summed E-state index contributed by atoms with van der Waals surface area (Å²) in [5.74, 6) is 0. The summed E-state index contributed by atoms with van der Waals surface area (Å²) >= 11 is 0. The van der Waals surface area contributed by atoms with E-state index in [1.165, 1.54) is 16.8 Å². The van der Waals surface area contributed by atoms with Crippen LogP contribution in [0, 0.1) is 0 Å². The van der Waals surface area contributed by atoms with Gasteiger partial charge in [0.25, 0.3) is 5.56 Å². The van der Waals surface area contributed by atoms with Gasteiger partial charge in [0.15, 0.2) is 6.23 Å². The molecule has 3 aliphatic heterocycles. The second kappa shape index (κ2) is 9.66. The van der Waals surface area contributed by atoms with Gasteiger partial charge in [-0.3, -0.25) is 14.3 Å². The van der Waals surface area contributed by atoms with E-state index in [1.807, 2.05) is 0 Å². The van der Waals surface area contributed by atoms with Crippen molar-refractivity contribution in [2.24, 2.45) is 0 Å². The van der Waals surface area contributed by atoms with Crippen LogP contribution in [0.4, 0.5) is 0 Å². The van der Waals surface area contributed by atoms with Crippen LogP contribution in [0.2, 0.25) is 22.2 Å². The first kappa shape index (κ1) is 27.0. The number of ether oxygens (including phenoxy) is 2. The molecule has 35 heavy (non-hydrogen) atoms. The Kier molecular flexibility index (Phi) is 7.44. The molecule has 0 amide bonds. The molecule has 0 saturated carbocycles. The number of H-pyrrole nitrogens is 1. The molecule has 4 heterocycles. The lowest BCUT2D eigenvalue weighted by Crippen LogP contribution is -2.67. The summed E-state index contributed by atoms with van der Waals surface area (Å²) in [4.78, 5) is 26.9. The normalized spacial score (nSPS) is 32.5. The Morgan fingerprint density at radius 1 is 1.00 bits per heavy atom. The summed E-state index contributed by atoms with van der Waals surface area (Å²) in [5.41, 5.74) is -1.04. The monoisotopic (exact) mass is 526 g/mol. The summed E-state index contributed by atoms with van der Waals surface area (Å²) in [6, 6.07) is 1.34. The SMILES string of the molecule is CC(C)[Si]1(C(C)C)OCC2OC(n3ccc(=O)[nH]c3=O)[C@]3(CCCO3)[C@@H]2O[Si](C(C)C)(C(C)C)O1. The van der Waals surface area contributed by atoms with Gasteiger partial charge in [-0.05, 0) is 35.0 Å². The average Bonchev–Trinajstić information content (AvgIpc) is 3.34. The fourth-order valence-corrected chi connectivity index (χ4v) is 17.5. The molecule has 3 saturated heterocycles. The van der Waals surface area contributed by atoms with E-state index in [0.717, 1.165) is 6.42 Å². The molecule has 11 heteroatoms. The van der Waals surface area contributed by atoms with Crippen LogP contribution in [0.3, 0.4) is 0 Å². The van der Waals surface area contributed by atoms with Crippen LogP contribution < -0.4 is 11.2 Å². The van der Waals surface area contributed by atoms with Crippen LogP contribution >= 0.6 is 0 Å². The zero-order valence-corrected chi connectivity index (χ0v) is 24.3. The van der Waals surface area contributed by atoms with E-state index in [9.17, 15) is 9.59 Å². The predicted octanol–water partition coefficient (Wildman–Crippen LogP) is 3.94. The van der Waals surface area contributed by atoms with E-state index >= 15 is 0 Å². The molecule has 0 aliphatic carbocycles. The number of rotatable bonds is 5. The number of nitrogens with one attached hydrogen (secondary N) is 1. The number of nitrogens with zero attached hydrogens (tertiary/aromatic N) is 1. The smallest absolute Gasteiger partial charge is 0.335 e. The molecule has 2 unspecified atom stereocenters. The van der Waals surface area contributed by atoms with Crippen molar-refractivity contribution < 1.29 is 22.4 Å². The topological polar surface area (TPSA) is 101 Å². The van der Waals surface area contributed by atoms with Gasteiger partial charge in [-0.25, -0.2) is 4.79 Å². The molecule has 3 aliphatic rings. The average molecular weight is 527 g/mol. The predicted molar refractivity (Wildman–Crippen MR) is 137 cm³/mol. The minimum atomic E-state index is -2.88. The zero-order chi connectivity index (χ0) is 25.8. The van der Waals surface area contributed by atoms with Gasteiger partial charge < -0.3 is 22.4 Å². The maximum absolute atomic E-state index is 12.8. The second-order valence-corrected chi connectivity index (χ2v) is 20.3. The van der Waals surface area contributed by atoms with Gasteiger partial charge in [-0.15, -0.1) is 0 Å². The van der Waals surface area contributed by atoms with E-state index in [-0.39, 0.29) is 22.2 Å². The minimum absolute atomic E-state index is 0.169. The van der Waals surface area contributed by atoms with Crippen LogP contribution in [0.15, 0.2) is 21.9 Å². The third-order valence-corrected chi connectivity index (χ3v) is 18.3. The molecule has 4 atom stereocenters.